The van der Waals surface area contributed by atoms with Gasteiger partial charge in [0.1, 0.15) is 5.69 Å². The zero-order chi connectivity index (χ0) is 14.7. The first-order valence-electron chi connectivity index (χ1n) is 7.67. The Morgan fingerprint density at radius 3 is 2.82 bits per heavy atom. The van der Waals surface area contributed by atoms with Crippen LogP contribution in [0.2, 0.25) is 0 Å². The van der Waals surface area contributed by atoms with E-state index in [-0.39, 0.29) is 12.4 Å². The molecule has 0 amide bonds. The molecule has 4 nitrogen and oxygen atoms in total. The molecule has 2 heterocycles. The summed E-state index contributed by atoms with van der Waals surface area (Å²) in [6, 6.07) is 11.0. The van der Waals surface area contributed by atoms with Gasteiger partial charge < -0.3 is 9.84 Å². The Bertz CT molecular complexity index is 582. The Balaban J connectivity index is 0.00000176. The number of likely N-dealkylation sites (tertiary alicyclic amines) is 1. The average Bonchev–Trinajstić information content (AvgIpc) is 2.96. The molecule has 2 aromatic rings. The molecule has 1 aliphatic heterocycles. The fourth-order valence-corrected chi connectivity index (χ4v) is 2.90. The molecule has 22 heavy (non-hydrogen) atoms. The molecule has 1 atom stereocenters. The van der Waals surface area contributed by atoms with Crippen molar-refractivity contribution >= 4 is 12.4 Å². The zero-order valence-corrected chi connectivity index (χ0v) is 14.0. The van der Waals surface area contributed by atoms with Gasteiger partial charge >= 0.3 is 0 Å². The molecule has 1 aliphatic rings. The fourth-order valence-electron chi connectivity index (χ4n) is 2.90. The van der Waals surface area contributed by atoms with Crippen LogP contribution < -0.4 is 5.32 Å². The predicted octanol–water partition coefficient (Wildman–Crippen LogP) is 3.26. The van der Waals surface area contributed by atoms with Crippen molar-refractivity contribution in [2.75, 3.05) is 20.1 Å². The maximum atomic E-state index is 5.51. The Morgan fingerprint density at radius 2 is 2.09 bits per heavy atom. The van der Waals surface area contributed by atoms with Crippen LogP contribution in [0.15, 0.2) is 34.9 Å². The number of piperidine rings is 1. The van der Waals surface area contributed by atoms with E-state index in [0.717, 1.165) is 36.7 Å². The summed E-state index contributed by atoms with van der Waals surface area (Å²) in [5.41, 5.74) is 3.29. The first-order chi connectivity index (χ1) is 10.2. The van der Waals surface area contributed by atoms with Gasteiger partial charge in [-0.1, -0.05) is 35.0 Å². The van der Waals surface area contributed by atoms with Gasteiger partial charge in [0.05, 0.1) is 6.54 Å². The van der Waals surface area contributed by atoms with Crippen LogP contribution in [0.25, 0.3) is 11.3 Å². The summed E-state index contributed by atoms with van der Waals surface area (Å²) in [6.07, 6.45) is 2.50. The number of likely N-dealkylation sites (N-methyl/N-ethyl adjacent to an activating group) is 1. The van der Waals surface area contributed by atoms with E-state index in [1.165, 1.54) is 18.4 Å². The van der Waals surface area contributed by atoms with Crippen molar-refractivity contribution in [3.8, 4) is 11.3 Å². The van der Waals surface area contributed by atoms with Crippen LogP contribution in [0.5, 0.6) is 0 Å². The largest absolute Gasteiger partial charge is 0.359 e. The number of aryl methyl sites for hydroxylation is 1. The van der Waals surface area contributed by atoms with E-state index in [2.05, 4.69) is 52.6 Å². The van der Waals surface area contributed by atoms with Crippen molar-refractivity contribution < 1.29 is 4.52 Å². The van der Waals surface area contributed by atoms with Gasteiger partial charge in [-0.25, -0.2) is 0 Å². The van der Waals surface area contributed by atoms with Gasteiger partial charge in [-0.05, 0) is 33.4 Å². The lowest BCUT2D eigenvalue weighted by Gasteiger charge is -2.31. The molecule has 5 heteroatoms. The van der Waals surface area contributed by atoms with Crippen molar-refractivity contribution in [2.45, 2.75) is 32.4 Å². The smallest absolute Gasteiger partial charge is 0.151 e. The fraction of sp³-hybridized carbons (Fsp3) is 0.471. The highest BCUT2D eigenvalue weighted by Crippen LogP contribution is 2.21. The first kappa shape index (κ1) is 17.0. The molecule has 1 N–H and O–H groups in total. The Hall–Kier alpha value is -1.36. The molecule has 0 spiro atoms. The predicted molar refractivity (Wildman–Crippen MR) is 91.3 cm³/mol. The van der Waals surface area contributed by atoms with E-state index in [1.54, 1.807) is 0 Å². The van der Waals surface area contributed by atoms with Crippen molar-refractivity contribution in [1.29, 1.82) is 0 Å². The Morgan fingerprint density at radius 1 is 1.32 bits per heavy atom. The molecule has 0 saturated carbocycles. The van der Waals surface area contributed by atoms with Crippen LogP contribution >= 0.6 is 12.4 Å². The molecular weight excluding hydrogens is 298 g/mol. The maximum Gasteiger partial charge on any atom is 0.151 e. The molecule has 1 unspecified atom stereocenters. The lowest BCUT2D eigenvalue weighted by atomic mass is 10.1. The number of nitrogens with one attached hydrogen (secondary N) is 1. The second-order valence-corrected chi connectivity index (χ2v) is 5.91. The Kier molecular flexibility index (Phi) is 6.00. The van der Waals surface area contributed by atoms with E-state index >= 15 is 0 Å². The van der Waals surface area contributed by atoms with E-state index in [0.29, 0.717) is 6.04 Å². The van der Waals surface area contributed by atoms with Crippen molar-refractivity contribution in [2.24, 2.45) is 0 Å². The summed E-state index contributed by atoms with van der Waals surface area (Å²) in [7, 11) is 2.04. The van der Waals surface area contributed by atoms with Crippen LogP contribution in [-0.4, -0.2) is 36.2 Å². The lowest BCUT2D eigenvalue weighted by Crippen LogP contribution is -2.43. The van der Waals surface area contributed by atoms with E-state index in [1.807, 2.05) is 7.05 Å². The molecule has 1 aromatic carbocycles. The highest BCUT2D eigenvalue weighted by Gasteiger charge is 2.19. The van der Waals surface area contributed by atoms with Gasteiger partial charge in [0, 0.05) is 24.2 Å². The highest BCUT2D eigenvalue weighted by molar-refractivity contribution is 5.85. The van der Waals surface area contributed by atoms with Crippen LogP contribution in [0.3, 0.4) is 0 Å². The molecular formula is C17H24ClN3O. The van der Waals surface area contributed by atoms with E-state index in [4.69, 9.17) is 4.52 Å². The number of halogens is 1. The van der Waals surface area contributed by atoms with Crippen molar-refractivity contribution in [1.82, 2.24) is 15.4 Å². The van der Waals surface area contributed by atoms with Gasteiger partial charge in [0.2, 0.25) is 0 Å². The SMILES string of the molecule is CNC1CCCN(Cc2cc(-c3ccc(C)cc3)no2)C1.Cl. The number of rotatable bonds is 4. The minimum atomic E-state index is 0. The quantitative estimate of drug-likeness (QED) is 0.938. The summed E-state index contributed by atoms with van der Waals surface area (Å²) >= 11 is 0. The van der Waals surface area contributed by atoms with Gasteiger partial charge in [0.25, 0.3) is 0 Å². The zero-order valence-electron chi connectivity index (χ0n) is 13.2. The first-order valence-corrected chi connectivity index (χ1v) is 7.67. The standard InChI is InChI=1S/C17H23N3O.ClH/c1-13-5-7-14(8-6-13)17-10-16(21-19-17)12-20-9-3-4-15(11-20)18-2;/h5-8,10,15,18H,3-4,9,11-12H2,1-2H3;1H. The van der Waals surface area contributed by atoms with Gasteiger partial charge in [-0.15, -0.1) is 12.4 Å². The Labute approximate surface area is 138 Å². The minimum Gasteiger partial charge on any atom is -0.359 e. The number of nitrogens with zero attached hydrogens (tertiary/aromatic N) is 2. The third kappa shape index (κ3) is 4.09. The second-order valence-electron chi connectivity index (χ2n) is 5.91. The summed E-state index contributed by atoms with van der Waals surface area (Å²) in [6.45, 7) is 5.15. The second kappa shape index (κ2) is 7.77. The molecule has 3 rings (SSSR count). The number of hydrogen-bond donors (Lipinski definition) is 1. The topological polar surface area (TPSA) is 41.3 Å². The van der Waals surface area contributed by atoms with Crippen LogP contribution in [-0.2, 0) is 6.54 Å². The van der Waals surface area contributed by atoms with Crippen molar-refractivity contribution in [3.63, 3.8) is 0 Å². The molecule has 0 aliphatic carbocycles. The average molecular weight is 322 g/mol. The van der Waals surface area contributed by atoms with Crippen LogP contribution in [0, 0.1) is 6.92 Å². The third-order valence-corrected chi connectivity index (χ3v) is 4.20. The summed E-state index contributed by atoms with van der Waals surface area (Å²) in [4.78, 5) is 2.43. The van der Waals surface area contributed by atoms with Gasteiger partial charge in [-0.3, -0.25) is 4.90 Å². The number of hydrogen-bond acceptors (Lipinski definition) is 4. The molecule has 1 aromatic heterocycles. The summed E-state index contributed by atoms with van der Waals surface area (Å²) in [5, 5.41) is 7.57. The minimum absolute atomic E-state index is 0. The number of benzene rings is 1. The molecule has 0 radical (unpaired) electrons. The van der Waals surface area contributed by atoms with Crippen LogP contribution in [0.1, 0.15) is 24.2 Å². The lowest BCUT2D eigenvalue weighted by molar-refractivity contribution is 0.170. The summed E-state index contributed by atoms with van der Waals surface area (Å²) < 4.78 is 5.51. The van der Waals surface area contributed by atoms with E-state index in [9.17, 15) is 0 Å². The summed E-state index contributed by atoms with van der Waals surface area (Å²) in [5.74, 6) is 0.947. The number of aromatic nitrogens is 1. The maximum absolute atomic E-state index is 5.51. The molecule has 1 saturated heterocycles. The van der Waals surface area contributed by atoms with Crippen LogP contribution in [0.4, 0.5) is 0 Å². The normalized spacial score (nSPS) is 18.9. The third-order valence-electron chi connectivity index (χ3n) is 4.20. The van der Waals surface area contributed by atoms with Gasteiger partial charge in [0.15, 0.2) is 5.76 Å². The van der Waals surface area contributed by atoms with E-state index < -0.39 is 0 Å². The van der Waals surface area contributed by atoms with Crippen molar-refractivity contribution in [3.05, 3.63) is 41.7 Å². The monoisotopic (exact) mass is 321 g/mol. The molecule has 1 fully saturated rings. The van der Waals surface area contributed by atoms with Gasteiger partial charge in [-0.2, -0.15) is 0 Å². The molecule has 0 bridgehead atoms. The highest BCUT2D eigenvalue weighted by atomic mass is 35.5. The molecule has 120 valence electrons.